The van der Waals surface area contributed by atoms with Gasteiger partial charge in [0.25, 0.3) is 5.91 Å². The number of hydrogen-bond acceptors (Lipinski definition) is 5. The van der Waals surface area contributed by atoms with Crippen LogP contribution in [0.2, 0.25) is 0 Å². The largest absolute Gasteiger partial charge is 0.444 e. The number of hydrogen-bond donors (Lipinski definition) is 1. The number of likely N-dealkylation sites (tertiary alicyclic amines) is 1. The minimum absolute atomic E-state index is 0.0408. The summed E-state index contributed by atoms with van der Waals surface area (Å²) in [5.74, 6) is 0.998. The Balaban J connectivity index is 1.43. The molecule has 1 saturated carbocycles. The first-order valence-electron chi connectivity index (χ1n) is 11.1. The van der Waals surface area contributed by atoms with Crippen LogP contribution in [0.1, 0.15) is 74.2 Å². The zero-order valence-corrected chi connectivity index (χ0v) is 18.5. The Morgan fingerprint density at radius 3 is 2.61 bits per heavy atom. The summed E-state index contributed by atoms with van der Waals surface area (Å²) in [7, 11) is 0. The van der Waals surface area contributed by atoms with Crippen LogP contribution in [0.3, 0.4) is 0 Å². The summed E-state index contributed by atoms with van der Waals surface area (Å²) < 4.78 is 11.0. The van der Waals surface area contributed by atoms with E-state index < -0.39 is 5.60 Å². The molecule has 1 N–H and O–H groups in total. The lowest BCUT2D eigenvalue weighted by atomic mass is 9.92. The van der Waals surface area contributed by atoms with Crippen molar-refractivity contribution >= 4 is 12.0 Å². The van der Waals surface area contributed by atoms with Crippen LogP contribution in [0, 0.1) is 0 Å². The van der Waals surface area contributed by atoms with E-state index in [1.807, 2.05) is 43.9 Å². The number of amides is 2. The summed E-state index contributed by atoms with van der Waals surface area (Å²) >= 11 is 0. The molecule has 4 rings (SSSR count). The van der Waals surface area contributed by atoms with Crippen molar-refractivity contribution in [2.24, 2.45) is 0 Å². The van der Waals surface area contributed by atoms with Crippen molar-refractivity contribution < 1.29 is 18.8 Å². The van der Waals surface area contributed by atoms with Gasteiger partial charge in [0.1, 0.15) is 11.4 Å². The van der Waals surface area contributed by atoms with Gasteiger partial charge in [-0.1, -0.05) is 35.5 Å². The molecule has 7 nitrogen and oxygen atoms in total. The number of nitrogens with zero attached hydrogens (tertiary/aromatic N) is 2. The van der Waals surface area contributed by atoms with Crippen LogP contribution in [0.5, 0.6) is 0 Å². The highest BCUT2D eigenvalue weighted by Gasteiger charge is 2.35. The van der Waals surface area contributed by atoms with Crippen molar-refractivity contribution in [2.75, 3.05) is 6.54 Å². The third-order valence-corrected chi connectivity index (χ3v) is 5.73. The standard InChI is InChI=1S/C24H31N3O4/c1-24(2,3)30-23(29)27-12-11-18(14-19(27)13-16-7-5-4-6-8-16)25-22(28)20-15-21(31-26-20)17-9-10-17/h4-8,15,17-19H,9-14H2,1-3H3,(H,25,28)/t18-,19-/m1/s1. The average molecular weight is 426 g/mol. The molecule has 2 fully saturated rings. The molecule has 2 aliphatic rings. The number of ether oxygens (including phenoxy) is 1. The van der Waals surface area contributed by atoms with Crippen LogP contribution >= 0.6 is 0 Å². The van der Waals surface area contributed by atoms with Gasteiger partial charge in [0.15, 0.2) is 5.69 Å². The van der Waals surface area contributed by atoms with Gasteiger partial charge in [-0.05, 0) is 58.4 Å². The summed E-state index contributed by atoms with van der Waals surface area (Å²) in [4.78, 5) is 27.3. The molecule has 2 atom stereocenters. The van der Waals surface area contributed by atoms with E-state index in [1.165, 1.54) is 0 Å². The summed E-state index contributed by atoms with van der Waals surface area (Å²) in [5, 5.41) is 7.03. The van der Waals surface area contributed by atoms with Crippen molar-refractivity contribution in [3.8, 4) is 0 Å². The van der Waals surface area contributed by atoms with Gasteiger partial charge in [-0.25, -0.2) is 4.79 Å². The highest BCUT2D eigenvalue weighted by molar-refractivity contribution is 5.92. The Kier molecular flexibility index (Phi) is 6.03. The fourth-order valence-electron chi connectivity index (χ4n) is 4.04. The molecule has 1 saturated heterocycles. The van der Waals surface area contributed by atoms with Crippen LogP contribution in [0.15, 0.2) is 40.9 Å². The number of carbonyl (C=O) groups excluding carboxylic acids is 2. The van der Waals surface area contributed by atoms with Gasteiger partial charge in [0.2, 0.25) is 0 Å². The zero-order valence-electron chi connectivity index (χ0n) is 18.5. The molecule has 1 aromatic heterocycles. The minimum Gasteiger partial charge on any atom is -0.444 e. The number of piperidine rings is 1. The second-order valence-electron chi connectivity index (χ2n) is 9.60. The van der Waals surface area contributed by atoms with E-state index in [0.29, 0.717) is 37.4 Å². The van der Waals surface area contributed by atoms with Gasteiger partial charge in [-0.3, -0.25) is 4.79 Å². The third-order valence-electron chi connectivity index (χ3n) is 5.73. The molecule has 2 amide bonds. The normalized spacial score (nSPS) is 21.6. The van der Waals surface area contributed by atoms with E-state index in [-0.39, 0.29) is 24.1 Å². The second-order valence-corrected chi connectivity index (χ2v) is 9.60. The number of benzene rings is 1. The Hall–Kier alpha value is -2.83. The molecule has 2 aromatic rings. The lowest BCUT2D eigenvalue weighted by Gasteiger charge is -2.40. The minimum atomic E-state index is -0.550. The molecule has 0 radical (unpaired) electrons. The van der Waals surface area contributed by atoms with E-state index in [4.69, 9.17) is 9.26 Å². The first-order valence-corrected chi connectivity index (χ1v) is 11.1. The van der Waals surface area contributed by atoms with Gasteiger partial charge >= 0.3 is 6.09 Å². The van der Waals surface area contributed by atoms with Gasteiger partial charge < -0.3 is 19.5 Å². The first-order chi connectivity index (χ1) is 14.8. The molecule has 1 aliphatic carbocycles. The van der Waals surface area contributed by atoms with E-state index in [1.54, 1.807) is 6.07 Å². The summed E-state index contributed by atoms with van der Waals surface area (Å²) in [5.41, 5.74) is 0.931. The lowest BCUT2D eigenvalue weighted by Crippen LogP contribution is -2.53. The van der Waals surface area contributed by atoms with Crippen molar-refractivity contribution in [1.82, 2.24) is 15.4 Å². The maximum Gasteiger partial charge on any atom is 0.410 e. The quantitative estimate of drug-likeness (QED) is 0.772. The highest BCUT2D eigenvalue weighted by Crippen LogP contribution is 2.40. The van der Waals surface area contributed by atoms with E-state index in [0.717, 1.165) is 24.2 Å². The molecule has 7 heteroatoms. The molecule has 166 valence electrons. The van der Waals surface area contributed by atoms with Crippen molar-refractivity contribution in [3.63, 3.8) is 0 Å². The molecule has 31 heavy (non-hydrogen) atoms. The Morgan fingerprint density at radius 2 is 1.94 bits per heavy atom. The van der Waals surface area contributed by atoms with Gasteiger partial charge in [0.05, 0.1) is 0 Å². The van der Waals surface area contributed by atoms with Crippen molar-refractivity contribution in [1.29, 1.82) is 0 Å². The Bertz CT molecular complexity index is 914. The molecule has 0 bridgehead atoms. The average Bonchev–Trinajstić information content (AvgIpc) is 3.44. The van der Waals surface area contributed by atoms with E-state index >= 15 is 0 Å². The first kappa shape index (κ1) is 21.4. The van der Waals surface area contributed by atoms with Crippen LogP contribution in [-0.4, -0.2) is 46.3 Å². The SMILES string of the molecule is CC(C)(C)OC(=O)N1CC[C@@H](NC(=O)c2cc(C3CC3)on2)C[C@H]1Cc1ccccc1. The molecule has 0 spiro atoms. The Morgan fingerprint density at radius 1 is 1.19 bits per heavy atom. The highest BCUT2D eigenvalue weighted by atomic mass is 16.6. The van der Waals surface area contributed by atoms with Crippen LogP contribution in [0.25, 0.3) is 0 Å². The number of rotatable bonds is 5. The number of carbonyl (C=O) groups is 2. The summed E-state index contributed by atoms with van der Waals surface area (Å²) in [6, 6.07) is 11.7. The van der Waals surface area contributed by atoms with Crippen LogP contribution in [-0.2, 0) is 11.2 Å². The molecular weight excluding hydrogens is 394 g/mol. The fourth-order valence-corrected chi connectivity index (χ4v) is 4.04. The lowest BCUT2D eigenvalue weighted by molar-refractivity contribution is 0.00730. The third kappa shape index (κ3) is 5.66. The molecule has 1 aliphatic heterocycles. The molecular formula is C24H31N3O4. The van der Waals surface area contributed by atoms with E-state index in [9.17, 15) is 9.59 Å². The van der Waals surface area contributed by atoms with Gasteiger partial charge in [-0.15, -0.1) is 0 Å². The van der Waals surface area contributed by atoms with Crippen LogP contribution < -0.4 is 5.32 Å². The number of aromatic nitrogens is 1. The smallest absolute Gasteiger partial charge is 0.410 e. The maximum absolute atomic E-state index is 12.8. The predicted molar refractivity (Wildman–Crippen MR) is 116 cm³/mol. The molecule has 1 aromatic carbocycles. The predicted octanol–water partition coefficient (Wildman–Crippen LogP) is 4.29. The number of nitrogens with one attached hydrogen (secondary N) is 1. The molecule has 2 heterocycles. The van der Waals surface area contributed by atoms with Crippen LogP contribution in [0.4, 0.5) is 4.79 Å². The molecule has 0 unspecified atom stereocenters. The van der Waals surface area contributed by atoms with Gasteiger partial charge in [-0.2, -0.15) is 0 Å². The fraction of sp³-hybridized carbons (Fsp3) is 0.542. The Labute approximate surface area is 183 Å². The van der Waals surface area contributed by atoms with Crippen molar-refractivity contribution in [3.05, 3.63) is 53.4 Å². The van der Waals surface area contributed by atoms with Crippen molar-refractivity contribution in [2.45, 2.75) is 76.5 Å². The second kappa shape index (κ2) is 8.73. The maximum atomic E-state index is 12.8. The summed E-state index contributed by atoms with van der Waals surface area (Å²) in [6.45, 7) is 6.15. The zero-order chi connectivity index (χ0) is 22.0. The van der Waals surface area contributed by atoms with Gasteiger partial charge in [0, 0.05) is 30.6 Å². The van der Waals surface area contributed by atoms with E-state index in [2.05, 4.69) is 22.6 Å². The summed E-state index contributed by atoms with van der Waals surface area (Å²) in [6.07, 6.45) is 3.93. The topological polar surface area (TPSA) is 84.7 Å². The monoisotopic (exact) mass is 425 g/mol.